The summed E-state index contributed by atoms with van der Waals surface area (Å²) in [6.45, 7) is 3.82. The molecule has 0 aromatic rings. The molecule has 90 valence electrons. The van der Waals surface area contributed by atoms with Gasteiger partial charge in [-0.05, 0) is 12.8 Å². The van der Waals surface area contributed by atoms with Crippen LogP contribution in [0.3, 0.4) is 0 Å². The SMILES string of the molecule is CCCCS(=O)(=O)NC(CC)CC(=N)N. The third-order valence-electron chi connectivity index (χ3n) is 2.07. The summed E-state index contributed by atoms with van der Waals surface area (Å²) in [4.78, 5) is 0. The first kappa shape index (κ1) is 14.4. The maximum Gasteiger partial charge on any atom is 0.211 e. The van der Waals surface area contributed by atoms with Crippen LogP contribution in [0, 0.1) is 5.41 Å². The summed E-state index contributed by atoms with van der Waals surface area (Å²) in [5, 5.41) is 7.12. The Morgan fingerprint density at radius 1 is 1.47 bits per heavy atom. The largest absolute Gasteiger partial charge is 0.388 e. The summed E-state index contributed by atoms with van der Waals surface area (Å²) in [7, 11) is -3.20. The second-order valence-electron chi connectivity index (χ2n) is 3.62. The molecule has 0 radical (unpaired) electrons. The van der Waals surface area contributed by atoms with Crippen molar-refractivity contribution < 1.29 is 8.42 Å². The Balaban J connectivity index is 4.21. The first-order valence-electron chi connectivity index (χ1n) is 5.24. The van der Waals surface area contributed by atoms with Crippen molar-refractivity contribution in [2.24, 2.45) is 5.73 Å². The van der Waals surface area contributed by atoms with E-state index in [2.05, 4.69) is 4.72 Å². The Labute approximate surface area is 92.0 Å². The van der Waals surface area contributed by atoms with E-state index in [1.807, 2.05) is 13.8 Å². The van der Waals surface area contributed by atoms with Crippen molar-refractivity contribution in [1.82, 2.24) is 4.72 Å². The summed E-state index contributed by atoms with van der Waals surface area (Å²) < 4.78 is 25.6. The third-order valence-corrected chi connectivity index (χ3v) is 3.59. The van der Waals surface area contributed by atoms with Gasteiger partial charge in [-0.25, -0.2) is 13.1 Å². The molecule has 15 heavy (non-hydrogen) atoms. The maximum atomic E-state index is 11.5. The highest BCUT2D eigenvalue weighted by molar-refractivity contribution is 7.89. The Morgan fingerprint density at radius 3 is 2.47 bits per heavy atom. The average molecular weight is 235 g/mol. The lowest BCUT2D eigenvalue weighted by Crippen LogP contribution is -2.38. The fraction of sp³-hybridized carbons (Fsp3) is 0.889. The zero-order valence-corrected chi connectivity index (χ0v) is 10.2. The number of rotatable bonds is 8. The van der Waals surface area contributed by atoms with Crippen molar-refractivity contribution in [3.05, 3.63) is 0 Å². The number of sulfonamides is 1. The molecule has 0 aliphatic carbocycles. The summed E-state index contributed by atoms with van der Waals surface area (Å²) in [5.41, 5.74) is 5.24. The van der Waals surface area contributed by atoms with Gasteiger partial charge in [0, 0.05) is 12.5 Å². The lowest BCUT2D eigenvalue weighted by molar-refractivity contribution is 0.543. The van der Waals surface area contributed by atoms with E-state index in [0.717, 1.165) is 6.42 Å². The minimum absolute atomic E-state index is 0.0139. The average Bonchev–Trinajstić information content (AvgIpc) is 2.12. The van der Waals surface area contributed by atoms with Gasteiger partial charge in [0.1, 0.15) is 0 Å². The third kappa shape index (κ3) is 7.33. The second-order valence-corrected chi connectivity index (χ2v) is 5.50. The van der Waals surface area contributed by atoms with Crippen LogP contribution in [0.1, 0.15) is 39.5 Å². The Kier molecular flexibility index (Phi) is 6.51. The van der Waals surface area contributed by atoms with Crippen LogP contribution in [0.4, 0.5) is 0 Å². The van der Waals surface area contributed by atoms with Crippen molar-refractivity contribution in [1.29, 1.82) is 5.41 Å². The molecular formula is C9H21N3O2S. The molecule has 5 nitrogen and oxygen atoms in total. The lowest BCUT2D eigenvalue weighted by Gasteiger charge is -2.15. The quantitative estimate of drug-likeness (QED) is 0.429. The van der Waals surface area contributed by atoms with Crippen LogP contribution < -0.4 is 10.5 Å². The molecule has 1 unspecified atom stereocenters. The van der Waals surface area contributed by atoms with Crippen LogP contribution in [0.15, 0.2) is 0 Å². The van der Waals surface area contributed by atoms with Crippen molar-refractivity contribution in [2.75, 3.05) is 5.75 Å². The smallest absolute Gasteiger partial charge is 0.211 e. The summed E-state index contributed by atoms with van der Waals surface area (Å²) in [6.07, 6.45) is 2.43. The van der Waals surface area contributed by atoms with Gasteiger partial charge in [0.05, 0.1) is 11.6 Å². The lowest BCUT2D eigenvalue weighted by atomic mass is 10.1. The zero-order chi connectivity index (χ0) is 11.9. The number of amidine groups is 1. The number of unbranched alkanes of at least 4 members (excludes halogenated alkanes) is 1. The number of nitrogens with two attached hydrogens (primary N) is 1. The molecule has 0 aliphatic heterocycles. The van der Waals surface area contributed by atoms with Crippen LogP contribution in [-0.2, 0) is 10.0 Å². The standard InChI is InChI=1S/C9H21N3O2S/c1-3-5-6-15(13,14)12-8(4-2)7-9(10)11/h8,12H,3-7H2,1-2H3,(H3,10,11). The molecule has 0 spiro atoms. The number of hydrogen-bond acceptors (Lipinski definition) is 3. The molecule has 0 aromatic heterocycles. The van der Waals surface area contributed by atoms with Gasteiger partial charge in [-0.2, -0.15) is 0 Å². The molecule has 1 atom stereocenters. The second kappa shape index (κ2) is 6.79. The molecule has 0 saturated heterocycles. The summed E-state index contributed by atoms with van der Waals surface area (Å²) in [6, 6.07) is -0.246. The van der Waals surface area contributed by atoms with E-state index in [4.69, 9.17) is 11.1 Å². The maximum absolute atomic E-state index is 11.5. The van der Waals surface area contributed by atoms with Crippen LogP contribution in [0.2, 0.25) is 0 Å². The predicted octanol–water partition coefficient (Wildman–Crippen LogP) is 0.811. The molecule has 6 heteroatoms. The predicted molar refractivity (Wildman–Crippen MR) is 62.4 cm³/mol. The van der Waals surface area contributed by atoms with Gasteiger partial charge in [-0.15, -0.1) is 0 Å². The fourth-order valence-electron chi connectivity index (χ4n) is 1.18. The van der Waals surface area contributed by atoms with Gasteiger partial charge >= 0.3 is 0 Å². The molecule has 0 fully saturated rings. The molecule has 0 bridgehead atoms. The minimum Gasteiger partial charge on any atom is -0.388 e. The molecule has 4 N–H and O–H groups in total. The van der Waals surface area contributed by atoms with Crippen LogP contribution in [0.25, 0.3) is 0 Å². The van der Waals surface area contributed by atoms with Crippen LogP contribution in [-0.4, -0.2) is 26.0 Å². The first-order chi connectivity index (χ1) is 6.91. The van der Waals surface area contributed by atoms with Crippen LogP contribution in [0.5, 0.6) is 0 Å². The van der Waals surface area contributed by atoms with E-state index < -0.39 is 10.0 Å². The van der Waals surface area contributed by atoms with Gasteiger partial charge in [-0.1, -0.05) is 20.3 Å². The Hall–Kier alpha value is -0.620. The normalized spacial score (nSPS) is 13.7. The monoisotopic (exact) mass is 235 g/mol. The van der Waals surface area contributed by atoms with Gasteiger partial charge in [-0.3, -0.25) is 5.41 Å². The van der Waals surface area contributed by atoms with E-state index in [1.54, 1.807) is 0 Å². The Bertz CT molecular complexity index is 288. The molecular weight excluding hydrogens is 214 g/mol. The molecule has 0 aliphatic rings. The van der Waals surface area contributed by atoms with Gasteiger partial charge in [0.2, 0.25) is 10.0 Å². The van der Waals surface area contributed by atoms with Gasteiger partial charge < -0.3 is 5.73 Å². The van der Waals surface area contributed by atoms with E-state index >= 15 is 0 Å². The molecule has 0 amide bonds. The van der Waals surface area contributed by atoms with Gasteiger partial charge in [0.15, 0.2) is 0 Å². The van der Waals surface area contributed by atoms with Crippen molar-refractivity contribution in [3.8, 4) is 0 Å². The highest BCUT2D eigenvalue weighted by atomic mass is 32.2. The first-order valence-corrected chi connectivity index (χ1v) is 6.89. The number of nitrogens with one attached hydrogen (secondary N) is 2. The van der Waals surface area contributed by atoms with E-state index in [9.17, 15) is 8.42 Å². The molecule has 0 saturated carbocycles. The van der Waals surface area contributed by atoms with E-state index in [0.29, 0.717) is 12.8 Å². The fourth-order valence-corrected chi connectivity index (χ4v) is 2.73. The topological polar surface area (TPSA) is 96.0 Å². The highest BCUT2D eigenvalue weighted by Gasteiger charge is 2.16. The number of hydrogen-bond donors (Lipinski definition) is 3. The molecule has 0 heterocycles. The zero-order valence-electron chi connectivity index (χ0n) is 9.41. The van der Waals surface area contributed by atoms with Crippen LogP contribution >= 0.6 is 0 Å². The van der Waals surface area contributed by atoms with Crippen molar-refractivity contribution >= 4 is 15.9 Å². The van der Waals surface area contributed by atoms with Crippen molar-refractivity contribution in [2.45, 2.75) is 45.6 Å². The minimum atomic E-state index is -3.20. The highest BCUT2D eigenvalue weighted by Crippen LogP contribution is 2.02. The molecule has 0 aromatic carbocycles. The summed E-state index contributed by atoms with van der Waals surface area (Å²) >= 11 is 0. The molecule has 0 rings (SSSR count). The van der Waals surface area contributed by atoms with Crippen molar-refractivity contribution in [3.63, 3.8) is 0 Å². The van der Waals surface area contributed by atoms with Gasteiger partial charge in [0.25, 0.3) is 0 Å². The van der Waals surface area contributed by atoms with E-state index in [-0.39, 0.29) is 24.1 Å². The Morgan fingerprint density at radius 2 is 2.07 bits per heavy atom. The van der Waals surface area contributed by atoms with E-state index in [1.165, 1.54) is 0 Å². The summed E-state index contributed by atoms with van der Waals surface area (Å²) in [5.74, 6) is 0.165.